The third-order valence-electron chi connectivity index (χ3n) is 4.01. The zero-order chi connectivity index (χ0) is 20.1. The number of aliphatic carboxylic acids is 1. The maximum Gasteiger partial charge on any atom is 0.320 e. The lowest BCUT2D eigenvalue weighted by Crippen LogP contribution is -2.32. The minimum absolute atomic E-state index is 0.121. The predicted molar refractivity (Wildman–Crippen MR) is 107 cm³/mol. The quantitative estimate of drug-likeness (QED) is 0.565. The molecular weight excluding hydrogens is 403 g/mol. The summed E-state index contributed by atoms with van der Waals surface area (Å²) in [7, 11) is 0. The third kappa shape index (κ3) is 5.04. The van der Waals surface area contributed by atoms with Crippen LogP contribution in [0.3, 0.4) is 0 Å². The van der Waals surface area contributed by atoms with Crippen molar-refractivity contribution in [3.8, 4) is 17.2 Å². The van der Waals surface area contributed by atoms with Gasteiger partial charge < -0.3 is 20.0 Å². The average Bonchev–Trinajstić information content (AvgIpc) is 3.13. The molecule has 0 amide bonds. The van der Waals surface area contributed by atoms with Crippen molar-refractivity contribution >= 4 is 29.2 Å². The summed E-state index contributed by atoms with van der Waals surface area (Å²) in [4.78, 5) is 15.3. The number of aromatic nitrogens is 1. The number of rotatable bonds is 8. The van der Waals surface area contributed by atoms with Crippen molar-refractivity contribution in [1.82, 2.24) is 4.98 Å². The van der Waals surface area contributed by atoms with Crippen LogP contribution in [0, 0.1) is 0 Å². The maximum absolute atomic E-state index is 10.9. The van der Waals surface area contributed by atoms with E-state index < -0.39 is 12.0 Å². The van der Waals surface area contributed by atoms with Gasteiger partial charge >= 0.3 is 5.97 Å². The van der Waals surface area contributed by atoms with Crippen molar-refractivity contribution in [1.29, 1.82) is 0 Å². The van der Waals surface area contributed by atoms with E-state index in [1.165, 1.54) is 0 Å². The van der Waals surface area contributed by atoms with Crippen molar-refractivity contribution in [3.63, 3.8) is 0 Å². The highest BCUT2D eigenvalue weighted by molar-refractivity contribution is 6.37. The fraction of sp³-hybridized carbons (Fsp3) is 0.200. The van der Waals surface area contributed by atoms with Gasteiger partial charge in [0.2, 0.25) is 5.89 Å². The summed E-state index contributed by atoms with van der Waals surface area (Å²) in [6, 6.07) is 11.8. The fourth-order valence-corrected chi connectivity index (χ4v) is 3.24. The van der Waals surface area contributed by atoms with Gasteiger partial charge in [0.1, 0.15) is 12.3 Å². The molecule has 0 saturated carbocycles. The summed E-state index contributed by atoms with van der Waals surface area (Å²) in [5.41, 5.74) is 7.81. The van der Waals surface area contributed by atoms with Gasteiger partial charge in [0, 0.05) is 12.0 Å². The van der Waals surface area contributed by atoms with Gasteiger partial charge in [0.05, 0.1) is 22.3 Å². The van der Waals surface area contributed by atoms with Gasteiger partial charge in [-0.25, -0.2) is 4.98 Å². The predicted octanol–water partition coefficient (Wildman–Crippen LogP) is 4.22. The molecule has 146 valence electrons. The Labute approximate surface area is 171 Å². The Kier molecular flexibility index (Phi) is 6.57. The Balaban J connectivity index is 1.60. The van der Waals surface area contributed by atoms with Crippen LogP contribution in [0.4, 0.5) is 0 Å². The molecule has 28 heavy (non-hydrogen) atoms. The molecule has 3 aromatic rings. The number of halogens is 2. The highest BCUT2D eigenvalue weighted by Crippen LogP contribution is 2.34. The third-order valence-corrected chi connectivity index (χ3v) is 4.57. The van der Waals surface area contributed by atoms with Gasteiger partial charge in [0.15, 0.2) is 5.75 Å². The van der Waals surface area contributed by atoms with Crippen LogP contribution >= 0.6 is 23.2 Å². The van der Waals surface area contributed by atoms with E-state index in [1.54, 1.807) is 18.4 Å². The van der Waals surface area contributed by atoms with E-state index in [2.05, 4.69) is 4.98 Å². The highest BCUT2D eigenvalue weighted by Gasteiger charge is 2.16. The van der Waals surface area contributed by atoms with Crippen molar-refractivity contribution in [2.45, 2.75) is 18.9 Å². The molecule has 1 unspecified atom stereocenters. The first kappa shape index (κ1) is 20.2. The van der Waals surface area contributed by atoms with Crippen LogP contribution in [0.1, 0.15) is 11.3 Å². The van der Waals surface area contributed by atoms with E-state index in [0.717, 1.165) is 11.3 Å². The molecule has 1 aromatic heterocycles. The summed E-state index contributed by atoms with van der Waals surface area (Å²) >= 11 is 12.5. The summed E-state index contributed by atoms with van der Waals surface area (Å²) < 4.78 is 11.2. The second-order valence-corrected chi connectivity index (χ2v) is 6.96. The van der Waals surface area contributed by atoms with E-state index in [1.807, 2.05) is 30.3 Å². The normalized spacial score (nSPS) is 12.0. The van der Waals surface area contributed by atoms with Crippen molar-refractivity contribution in [2.75, 3.05) is 6.61 Å². The van der Waals surface area contributed by atoms with Crippen molar-refractivity contribution in [2.24, 2.45) is 5.73 Å². The van der Waals surface area contributed by atoms with Crippen molar-refractivity contribution < 1.29 is 19.1 Å². The number of hydrogen-bond acceptors (Lipinski definition) is 5. The Hall–Kier alpha value is -2.54. The minimum atomic E-state index is -1.09. The Morgan fingerprint density at radius 1 is 1.21 bits per heavy atom. The lowest BCUT2D eigenvalue weighted by atomic mass is 10.1. The molecular formula is C20H18Cl2N2O4. The average molecular weight is 421 g/mol. The lowest BCUT2D eigenvalue weighted by molar-refractivity contribution is -0.138. The monoisotopic (exact) mass is 420 g/mol. The zero-order valence-electron chi connectivity index (χ0n) is 14.8. The summed E-state index contributed by atoms with van der Waals surface area (Å²) in [6.45, 7) is 0.300. The molecule has 3 rings (SSSR count). The highest BCUT2D eigenvalue weighted by atomic mass is 35.5. The molecule has 0 spiro atoms. The summed E-state index contributed by atoms with van der Waals surface area (Å²) in [5, 5.41) is 9.50. The van der Waals surface area contributed by atoms with Gasteiger partial charge in [-0.3, -0.25) is 4.79 Å². The molecule has 2 aromatic carbocycles. The van der Waals surface area contributed by atoms with Crippen LogP contribution in [0.5, 0.6) is 5.75 Å². The van der Waals surface area contributed by atoms with Gasteiger partial charge in [-0.1, -0.05) is 41.4 Å². The first-order valence-electron chi connectivity index (χ1n) is 8.53. The molecule has 0 saturated heterocycles. The van der Waals surface area contributed by atoms with Gasteiger partial charge in [-0.2, -0.15) is 0 Å². The number of carboxylic acid groups (broad SMARTS) is 1. The number of hydrogen-bond donors (Lipinski definition) is 2. The zero-order valence-corrected chi connectivity index (χ0v) is 16.3. The lowest BCUT2D eigenvalue weighted by Gasteiger charge is -2.12. The molecule has 8 heteroatoms. The van der Waals surface area contributed by atoms with Crippen LogP contribution in [-0.4, -0.2) is 28.7 Å². The molecule has 1 heterocycles. The van der Waals surface area contributed by atoms with E-state index in [4.69, 9.17) is 43.2 Å². The molecule has 0 aliphatic heterocycles. The summed E-state index contributed by atoms with van der Waals surface area (Å²) in [6.07, 6.45) is 2.22. The van der Waals surface area contributed by atoms with Gasteiger partial charge in [-0.05, 0) is 36.2 Å². The molecule has 1 atom stereocenters. The molecule has 0 radical (unpaired) electrons. The number of nitrogens with zero attached hydrogens (tertiary/aromatic N) is 1. The summed E-state index contributed by atoms with van der Waals surface area (Å²) in [5.74, 6) is -0.205. The van der Waals surface area contributed by atoms with E-state index in [9.17, 15) is 4.79 Å². The van der Waals surface area contributed by atoms with Gasteiger partial charge in [0.25, 0.3) is 0 Å². The first-order chi connectivity index (χ1) is 13.4. The SMILES string of the molecule is NC(Cc1cc(Cl)c(OCCc2coc(-c3ccccc3)n2)c(Cl)c1)C(=O)O. The molecule has 0 bridgehead atoms. The van der Waals surface area contributed by atoms with Crippen LogP contribution < -0.4 is 10.5 Å². The Morgan fingerprint density at radius 3 is 2.54 bits per heavy atom. The molecule has 0 aliphatic carbocycles. The second-order valence-electron chi connectivity index (χ2n) is 6.15. The number of ether oxygens (including phenoxy) is 1. The molecule has 0 fully saturated rings. The smallest absolute Gasteiger partial charge is 0.320 e. The standard InChI is InChI=1S/C20H18Cl2N2O4/c21-15-8-12(10-17(23)20(25)26)9-16(22)18(15)27-7-6-14-11-28-19(24-14)13-4-2-1-3-5-13/h1-5,8-9,11,17H,6-7,10,23H2,(H,25,26). The molecule has 3 N–H and O–H groups in total. The van der Waals surface area contributed by atoms with Crippen molar-refractivity contribution in [3.05, 3.63) is 70.0 Å². The Bertz CT molecular complexity index is 937. The second kappa shape index (κ2) is 9.10. The molecule has 0 aliphatic rings. The number of nitrogens with two attached hydrogens (primary N) is 1. The fourth-order valence-electron chi connectivity index (χ4n) is 2.60. The van der Waals surface area contributed by atoms with E-state index >= 15 is 0 Å². The largest absolute Gasteiger partial charge is 0.490 e. The topological polar surface area (TPSA) is 98.6 Å². The maximum atomic E-state index is 10.9. The number of carbonyl (C=O) groups is 1. The van der Waals surface area contributed by atoms with Crippen LogP contribution in [0.15, 0.2) is 53.1 Å². The number of oxazole rings is 1. The van der Waals surface area contributed by atoms with E-state index in [0.29, 0.717) is 40.3 Å². The first-order valence-corrected chi connectivity index (χ1v) is 9.28. The van der Waals surface area contributed by atoms with Crippen LogP contribution in [-0.2, 0) is 17.6 Å². The Morgan fingerprint density at radius 2 is 1.89 bits per heavy atom. The van der Waals surface area contributed by atoms with Crippen LogP contribution in [0.2, 0.25) is 10.0 Å². The van der Waals surface area contributed by atoms with Gasteiger partial charge in [-0.15, -0.1) is 0 Å². The number of benzene rings is 2. The number of carboxylic acids is 1. The molecule has 6 nitrogen and oxygen atoms in total. The van der Waals surface area contributed by atoms with Crippen LogP contribution in [0.25, 0.3) is 11.5 Å². The van der Waals surface area contributed by atoms with E-state index in [-0.39, 0.29) is 6.42 Å². The minimum Gasteiger partial charge on any atom is -0.490 e.